The molecule has 23 heavy (non-hydrogen) atoms. The summed E-state index contributed by atoms with van der Waals surface area (Å²) < 4.78 is 2.00. The van der Waals surface area contributed by atoms with Gasteiger partial charge in [0.2, 0.25) is 0 Å². The first-order valence-corrected chi connectivity index (χ1v) is 8.35. The number of carbonyl (C=O) groups is 1. The van der Waals surface area contributed by atoms with Crippen LogP contribution in [-0.2, 0) is 6.54 Å². The largest absolute Gasteiger partial charge is 0.319 e. The lowest BCUT2D eigenvalue weighted by Crippen LogP contribution is -2.17. The number of benzene rings is 2. The average molecular weight is 322 g/mol. The summed E-state index contributed by atoms with van der Waals surface area (Å²) in [5.41, 5.74) is 4.12. The van der Waals surface area contributed by atoms with Crippen molar-refractivity contribution in [2.24, 2.45) is 4.99 Å². The Morgan fingerprint density at radius 1 is 1.09 bits per heavy atom. The predicted octanol–water partition coefficient (Wildman–Crippen LogP) is 3.96. The lowest BCUT2D eigenvalue weighted by atomic mass is 10.1. The molecule has 1 amide bonds. The van der Waals surface area contributed by atoms with E-state index in [1.807, 2.05) is 41.3 Å². The number of carbonyl (C=O) groups excluding carboxylic acids is 1. The maximum Gasteiger partial charge on any atom is 0.279 e. The highest BCUT2D eigenvalue weighted by Crippen LogP contribution is 2.07. The number of thiazole rings is 1. The Hall–Kier alpha value is -2.46. The smallest absolute Gasteiger partial charge is 0.279 e. The molecule has 0 fully saturated rings. The van der Waals surface area contributed by atoms with Gasteiger partial charge < -0.3 is 4.57 Å². The van der Waals surface area contributed by atoms with Crippen LogP contribution in [0.15, 0.2) is 65.1 Å². The van der Waals surface area contributed by atoms with Crippen LogP contribution < -0.4 is 4.80 Å². The Kier molecular flexibility index (Phi) is 4.53. The monoisotopic (exact) mass is 322 g/mol. The molecule has 4 heteroatoms. The molecule has 3 nitrogen and oxygen atoms in total. The SMILES string of the molecule is Cc1ccc(Cn2ccsc2=NC(=O)c2cccc(C)c2)cc1. The highest BCUT2D eigenvalue weighted by molar-refractivity contribution is 7.07. The zero-order valence-electron chi connectivity index (χ0n) is 13.2. The number of hydrogen-bond donors (Lipinski definition) is 0. The number of amides is 1. The maximum absolute atomic E-state index is 12.3. The highest BCUT2D eigenvalue weighted by Gasteiger charge is 2.05. The van der Waals surface area contributed by atoms with Gasteiger partial charge in [-0.05, 0) is 31.5 Å². The van der Waals surface area contributed by atoms with E-state index in [2.05, 4.69) is 36.2 Å². The zero-order chi connectivity index (χ0) is 16.2. The molecule has 0 saturated carbocycles. The molecule has 0 radical (unpaired) electrons. The van der Waals surface area contributed by atoms with Crippen molar-refractivity contribution in [2.75, 3.05) is 0 Å². The normalized spacial score (nSPS) is 11.7. The summed E-state index contributed by atoms with van der Waals surface area (Å²) in [7, 11) is 0. The first-order chi connectivity index (χ1) is 11.1. The van der Waals surface area contributed by atoms with Crippen molar-refractivity contribution in [3.05, 3.63) is 87.2 Å². The average Bonchev–Trinajstić information content (AvgIpc) is 2.96. The van der Waals surface area contributed by atoms with Gasteiger partial charge in [0, 0.05) is 23.7 Å². The third-order valence-electron chi connectivity index (χ3n) is 3.60. The molecule has 3 rings (SSSR count). The molecule has 0 bridgehead atoms. The van der Waals surface area contributed by atoms with Crippen molar-refractivity contribution in [3.8, 4) is 0 Å². The summed E-state index contributed by atoms with van der Waals surface area (Å²) in [6.07, 6.45) is 1.97. The van der Waals surface area contributed by atoms with Gasteiger partial charge in [0.05, 0.1) is 0 Å². The molecular weight excluding hydrogens is 304 g/mol. The summed E-state index contributed by atoms with van der Waals surface area (Å²) >= 11 is 1.47. The van der Waals surface area contributed by atoms with Gasteiger partial charge in [0.15, 0.2) is 4.80 Å². The number of nitrogens with zero attached hydrogens (tertiary/aromatic N) is 2. The van der Waals surface area contributed by atoms with Gasteiger partial charge in [-0.2, -0.15) is 4.99 Å². The summed E-state index contributed by atoms with van der Waals surface area (Å²) in [5, 5.41) is 1.95. The maximum atomic E-state index is 12.3. The minimum absolute atomic E-state index is 0.200. The van der Waals surface area contributed by atoms with Crippen molar-refractivity contribution in [1.29, 1.82) is 0 Å². The van der Waals surface area contributed by atoms with Crippen LogP contribution in [0.5, 0.6) is 0 Å². The fraction of sp³-hybridized carbons (Fsp3) is 0.158. The van der Waals surface area contributed by atoms with Crippen molar-refractivity contribution >= 4 is 17.2 Å². The Bertz CT molecular complexity index is 888. The van der Waals surface area contributed by atoms with Crippen LogP contribution in [0.4, 0.5) is 0 Å². The van der Waals surface area contributed by atoms with Crippen LogP contribution in [-0.4, -0.2) is 10.5 Å². The van der Waals surface area contributed by atoms with Gasteiger partial charge in [-0.3, -0.25) is 4.79 Å². The Morgan fingerprint density at radius 2 is 1.87 bits per heavy atom. The molecule has 0 aliphatic carbocycles. The fourth-order valence-corrected chi connectivity index (χ4v) is 3.05. The second-order valence-electron chi connectivity index (χ2n) is 5.59. The van der Waals surface area contributed by atoms with Gasteiger partial charge in [-0.25, -0.2) is 0 Å². The van der Waals surface area contributed by atoms with Crippen LogP contribution in [0, 0.1) is 13.8 Å². The quantitative estimate of drug-likeness (QED) is 0.719. The predicted molar refractivity (Wildman–Crippen MR) is 93.7 cm³/mol. The molecule has 0 aliphatic heterocycles. The van der Waals surface area contributed by atoms with E-state index in [4.69, 9.17) is 0 Å². The molecule has 0 spiro atoms. The minimum Gasteiger partial charge on any atom is -0.319 e. The summed E-state index contributed by atoms with van der Waals surface area (Å²) in [6.45, 7) is 4.76. The summed E-state index contributed by atoms with van der Waals surface area (Å²) in [6, 6.07) is 15.9. The molecule has 1 aromatic heterocycles. The first kappa shape index (κ1) is 15.4. The van der Waals surface area contributed by atoms with E-state index >= 15 is 0 Å². The third-order valence-corrected chi connectivity index (χ3v) is 4.39. The molecule has 2 aromatic carbocycles. The molecule has 0 aliphatic rings. The zero-order valence-corrected chi connectivity index (χ0v) is 14.0. The van der Waals surface area contributed by atoms with Gasteiger partial charge in [0.25, 0.3) is 5.91 Å². The third kappa shape index (κ3) is 3.85. The van der Waals surface area contributed by atoms with Gasteiger partial charge in [-0.15, -0.1) is 11.3 Å². The minimum atomic E-state index is -0.200. The van der Waals surface area contributed by atoms with Crippen molar-refractivity contribution < 1.29 is 4.79 Å². The standard InChI is InChI=1S/C19H18N2OS/c1-14-6-8-16(9-7-14)13-21-10-11-23-19(21)20-18(22)17-5-3-4-15(2)12-17/h3-12H,13H2,1-2H3. The second-order valence-corrected chi connectivity index (χ2v) is 6.46. The molecule has 1 heterocycles. The van der Waals surface area contributed by atoms with E-state index in [0.29, 0.717) is 12.1 Å². The van der Waals surface area contributed by atoms with Gasteiger partial charge >= 0.3 is 0 Å². The van der Waals surface area contributed by atoms with Crippen LogP contribution >= 0.6 is 11.3 Å². The molecule has 0 atom stereocenters. The van der Waals surface area contributed by atoms with Crippen molar-refractivity contribution in [3.63, 3.8) is 0 Å². The molecular formula is C19H18N2OS. The molecule has 0 N–H and O–H groups in total. The van der Waals surface area contributed by atoms with E-state index in [0.717, 1.165) is 10.4 Å². The van der Waals surface area contributed by atoms with Gasteiger partial charge in [0.1, 0.15) is 0 Å². The van der Waals surface area contributed by atoms with Crippen molar-refractivity contribution in [1.82, 2.24) is 4.57 Å². The lowest BCUT2D eigenvalue weighted by Gasteiger charge is -2.04. The van der Waals surface area contributed by atoms with E-state index in [-0.39, 0.29) is 5.91 Å². The summed E-state index contributed by atoms with van der Waals surface area (Å²) in [5.74, 6) is -0.200. The molecule has 0 unspecified atom stereocenters. The number of aromatic nitrogens is 1. The molecule has 3 aromatic rings. The summed E-state index contributed by atoms with van der Waals surface area (Å²) in [4.78, 5) is 17.3. The Balaban J connectivity index is 1.88. The van der Waals surface area contributed by atoms with Crippen LogP contribution in [0.25, 0.3) is 0 Å². The van der Waals surface area contributed by atoms with Gasteiger partial charge in [-0.1, -0.05) is 47.5 Å². The molecule has 0 saturated heterocycles. The number of aryl methyl sites for hydroxylation is 2. The van der Waals surface area contributed by atoms with E-state index < -0.39 is 0 Å². The first-order valence-electron chi connectivity index (χ1n) is 7.47. The highest BCUT2D eigenvalue weighted by atomic mass is 32.1. The van der Waals surface area contributed by atoms with E-state index in [1.165, 1.54) is 22.5 Å². The molecule has 116 valence electrons. The lowest BCUT2D eigenvalue weighted by molar-refractivity contribution is 0.0997. The Morgan fingerprint density at radius 3 is 2.61 bits per heavy atom. The number of rotatable bonds is 3. The second kappa shape index (κ2) is 6.75. The van der Waals surface area contributed by atoms with E-state index in [1.54, 1.807) is 6.07 Å². The van der Waals surface area contributed by atoms with Crippen molar-refractivity contribution in [2.45, 2.75) is 20.4 Å². The van der Waals surface area contributed by atoms with Crippen LogP contribution in [0.2, 0.25) is 0 Å². The Labute approximate surface area is 139 Å². The van der Waals surface area contributed by atoms with Crippen LogP contribution in [0.3, 0.4) is 0 Å². The topological polar surface area (TPSA) is 34.4 Å². The van der Waals surface area contributed by atoms with E-state index in [9.17, 15) is 4.79 Å². The number of hydrogen-bond acceptors (Lipinski definition) is 2. The fourth-order valence-electron chi connectivity index (χ4n) is 2.33. The van der Waals surface area contributed by atoms with Crippen LogP contribution in [0.1, 0.15) is 27.0 Å².